The van der Waals surface area contributed by atoms with Crippen LogP contribution in [-0.2, 0) is 0 Å². The molecule has 0 amide bonds. The van der Waals surface area contributed by atoms with Gasteiger partial charge in [-0.25, -0.2) is 0 Å². The van der Waals surface area contributed by atoms with Gasteiger partial charge in [-0.3, -0.25) is 4.90 Å². The van der Waals surface area contributed by atoms with E-state index in [9.17, 15) is 0 Å². The molecule has 1 aliphatic rings. The van der Waals surface area contributed by atoms with E-state index in [-0.39, 0.29) is 0 Å². The molecule has 1 aliphatic heterocycles. The summed E-state index contributed by atoms with van der Waals surface area (Å²) in [4.78, 5) is 2.61. The molecule has 21 heavy (non-hydrogen) atoms. The number of piperidine rings is 1. The number of benzene rings is 1. The molecule has 0 aromatic heterocycles. The molecule has 118 valence electrons. The van der Waals surface area contributed by atoms with Crippen molar-refractivity contribution in [3.63, 3.8) is 0 Å². The van der Waals surface area contributed by atoms with Crippen molar-refractivity contribution in [3.05, 3.63) is 29.3 Å². The fourth-order valence-corrected chi connectivity index (χ4v) is 3.12. The second-order valence-corrected chi connectivity index (χ2v) is 6.32. The van der Waals surface area contributed by atoms with Crippen LogP contribution in [0.4, 0.5) is 0 Å². The molecule has 1 saturated heterocycles. The van der Waals surface area contributed by atoms with Crippen molar-refractivity contribution in [1.29, 1.82) is 0 Å². The maximum Gasteiger partial charge on any atom is 0.123 e. The van der Waals surface area contributed by atoms with Crippen molar-refractivity contribution >= 4 is 0 Å². The normalized spacial score (nSPS) is 19.2. The zero-order valence-corrected chi connectivity index (χ0v) is 14.0. The molecule has 1 heterocycles. The SMILES string of the molecule is COc1cc(C)ccc1C(C)NCC(C)N1CCCCC1. The van der Waals surface area contributed by atoms with Crippen molar-refractivity contribution in [2.75, 3.05) is 26.7 Å². The maximum absolute atomic E-state index is 5.52. The summed E-state index contributed by atoms with van der Waals surface area (Å²) >= 11 is 0. The van der Waals surface area contributed by atoms with Gasteiger partial charge in [0.2, 0.25) is 0 Å². The molecular weight excluding hydrogens is 260 g/mol. The summed E-state index contributed by atoms with van der Waals surface area (Å²) in [5, 5.41) is 3.67. The zero-order chi connectivity index (χ0) is 15.2. The van der Waals surface area contributed by atoms with Gasteiger partial charge in [-0.15, -0.1) is 0 Å². The fraction of sp³-hybridized carbons (Fsp3) is 0.667. The quantitative estimate of drug-likeness (QED) is 0.867. The van der Waals surface area contributed by atoms with Gasteiger partial charge in [0.25, 0.3) is 0 Å². The second-order valence-electron chi connectivity index (χ2n) is 6.32. The summed E-state index contributed by atoms with van der Waals surface area (Å²) in [6.45, 7) is 10.2. The molecule has 1 aromatic rings. The standard InChI is InChI=1S/C18H30N2O/c1-14-8-9-17(18(12-14)21-4)16(3)19-13-15(2)20-10-6-5-7-11-20/h8-9,12,15-16,19H,5-7,10-11,13H2,1-4H3. The lowest BCUT2D eigenvalue weighted by Gasteiger charge is -2.33. The summed E-state index contributed by atoms with van der Waals surface area (Å²) in [6, 6.07) is 7.36. The fourth-order valence-electron chi connectivity index (χ4n) is 3.12. The van der Waals surface area contributed by atoms with E-state index in [1.165, 1.54) is 43.5 Å². The Morgan fingerprint density at radius 3 is 2.57 bits per heavy atom. The van der Waals surface area contributed by atoms with E-state index >= 15 is 0 Å². The number of rotatable bonds is 6. The Bertz CT molecular complexity index is 441. The third kappa shape index (κ3) is 4.45. The van der Waals surface area contributed by atoms with Crippen molar-refractivity contribution in [3.8, 4) is 5.75 Å². The molecule has 2 atom stereocenters. The lowest BCUT2D eigenvalue weighted by Crippen LogP contribution is -2.43. The minimum Gasteiger partial charge on any atom is -0.496 e. The summed E-state index contributed by atoms with van der Waals surface area (Å²) in [7, 11) is 1.75. The first-order valence-corrected chi connectivity index (χ1v) is 8.23. The Hall–Kier alpha value is -1.06. The Morgan fingerprint density at radius 1 is 1.19 bits per heavy atom. The van der Waals surface area contributed by atoms with Gasteiger partial charge in [0.1, 0.15) is 5.75 Å². The highest BCUT2D eigenvalue weighted by Crippen LogP contribution is 2.26. The molecule has 2 rings (SSSR count). The molecule has 3 nitrogen and oxygen atoms in total. The number of nitrogens with zero attached hydrogens (tertiary/aromatic N) is 1. The Morgan fingerprint density at radius 2 is 1.90 bits per heavy atom. The first-order valence-electron chi connectivity index (χ1n) is 8.23. The van der Waals surface area contributed by atoms with Crippen LogP contribution in [0.3, 0.4) is 0 Å². The van der Waals surface area contributed by atoms with Crippen LogP contribution in [0.25, 0.3) is 0 Å². The molecule has 2 unspecified atom stereocenters. The number of aryl methyl sites for hydroxylation is 1. The molecule has 0 aliphatic carbocycles. The Balaban J connectivity index is 1.90. The average Bonchev–Trinajstić information content (AvgIpc) is 2.52. The van der Waals surface area contributed by atoms with Crippen LogP contribution < -0.4 is 10.1 Å². The Labute approximate surface area is 129 Å². The van der Waals surface area contributed by atoms with Gasteiger partial charge < -0.3 is 10.1 Å². The van der Waals surface area contributed by atoms with Crippen LogP contribution in [0.15, 0.2) is 18.2 Å². The number of likely N-dealkylation sites (tertiary alicyclic amines) is 1. The summed E-state index contributed by atoms with van der Waals surface area (Å²) < 4.78 is 5.52. The van der Waals surface area contributed by atoms with E-state index in [0.717, 1.165) is 12.3 Å². The summed E-state index contributed by atoms with van der Waals surface area (Å²) in [6.07, 6.45) is 4.10. The van der Waals surface area contributed by atoms with Crippen LogP contribution in [-0.4, -0.2) is 37.7 Å². The topological polar surface area (TPSA) is 24.5 Å². The first kappa shape index (κ1) is 16.3. The highest BCUT2D eigenvalue weighted by atomic mass is 16.5. The van der Waals surface area contributed by atoms with Gasteiger partial charge in [-0.05, 0) is 58.3 Å². The lowest BCUT2D eigenvalue weighted by atomic mass is 10.0. The number of hydrogen-bond acceptors (Lipinski definition) is 3. The monoisotopic (exact) mass is 290 g/mol. The van der Waals surface area contributed by atoms with Crippen LogP contribution in [0.1, 0.15) is 50.3 Å². The van der Waals surface area contributed by atoms with Crippen LogP contribution in [0.5, 0.6) is 5.75 Å². The number of hydrogen-bond donors (Lipinski definition) is 1. The summed E-state index contributed by atoms with van der Waals surface area (Å²) in [5.41, 5.74) is 2.48. The van der Waals surface area contributed by atoms with Crippen molar-refractivity contribution in [1.82, 2.24) is 10.2 Å². The van der Waals surface area contributed by atoms with Crippen molar-refractivity contribution in [2.45, 2.75) is 52.1 Å². The van der Waals surface area contributed by atoms with Gasteiger partial charge in [-0.1, -0.05) is 18.6 Å². The van der Waals surface area contributed by atoms with Gasteiger partial charge in [0.15, 0.2) is 0 Å². The number of ether oxygens (including phenoxy) is 1. The van der Waals surface area contributed by atoms with Gasteiger partial charge >= 0.3 is 0 Å². The average molecular weight is 290 g/mol. The van der Waals surface area contributed by atoms with E-state index in [4.69, 9.17) is 4.74 Å². The molecule has 1 fully saturated rings. The lowest BCUT2D eigenvalue weighted by molar-refractivity contribution is 0.168. The Kier molecular flexibility index (Phi) is 6.07. The van der Waals surface area contributed by atoms with Crippen LogP contribution in [0.2, 0.25) is 0 Å². The summed E-state index contributed by atoms with van der Waals surface area (Å²) in [5.74, 6) is 0.987. The minimum absolute atomic E-state index is 0.313. The van der Waals surface area contributed by atoms with E-state index in [1.807, 2.05) is 0 Å². The predicted molar refractivity (Wildman–Crippen MR) is 89.0 cm³/mol. The molecule has 1 aromatic carbocycles. The van der Waals surface area contributed by atoms with E-state index in [0.29, 0.717) is 12.1 Å². The van der Waals surface area contributed by atoms with Crippen LogP contribution >= 0.6 is 0 Å². The highest BCUT2D eigenvalue weighted by molar-refractivity contribution is 5.39. The number of methoxy groups -OCH3 is 1. The predicted octanol–water partition coefficient (Wildman–Crippen LogP) is 3.53. The first-order chi connectivity index (χ1) is 10.1. The van der Waals surface area contributed by atoms with Gasteiger partial charge in [0.05, 0.1) is 7.11 Å². The van der Waals surface area contributed by atoms with Crippen molar-refractivity contribution < 1.29 is 4.74 Å². The highest BCUT2D eigenvalue weighted by Gasteiger charge is 2.18. The van der Waals surface area contributed by atoms with E-state index in [1.54, 1.807) is 7.11 Å². The molecule has 0 bridgehead atoms. The largest absolute Gasteiger partial charge is 0.496 e. The second kappa shape index (κ2) is 7.81. The van der Waals surface area contributed by atoms with Gasteiger partial charge in [0, 0.05) is 24.2 Å². The van der Waals surface area contributed by atoms with E-state index < -0.39 is 0 Å². The minimum atomic E-state index is 0.313. The maximum atomic E-state index is 5.52. The molecular formula is C18H30N2O. The van der Waals surface area contributed by atoms with Crippen molar-refractivity contribution in [2.24, 2.45) is 0 Å². The third-order valence-electron chi connectivity index (χ3n) is 4.59. The molecule has 0 spiro atoms. The molecule has 0 radical (unpaired) electrons. The number of nitrogens with one attached hydrogen (secondary N) is 1. The molecule has 1 N–H and O–H groups in total. The third-order valence-corrected chi connectivity index (χ3v) is 4.59. The molecule has 3 heteroatoms. The van der Waals surface area contributed by atoms with E-state index in [2.05, 4.69) is 49.2 Å². The zero-order valence-electron chi connectivity index (χ0n) is 14.0. The molecule has 0 saturated carbocycles. The smallest absolute Gasteiger partial charge is 0.123 e. The van der Waals surface area contributed by atoms with Gasteiger partial charge in [-0.2, -0.15) is 0 Å². The van der Waals surface area contributed by atoms with Crippen LogP contribution in [0, 0.1) is 6.92 Å².